The van der Waals surface area contributed by atoms with Crippen molar-refractivity contribution in [3.63, 3.8) is 0 Å². The van der Waals surface area contributed by atoms with Gasteiger partial charge in [-0.05, 0) is 5.56 Å². The lowest BCUT2D eigenvalue weighted by Gasteiger charge is -2.19. The molecule has 0 bridgehead atoms. The molecule has 1 unspecified atom stereocenters. The molecular formula is C11H15NO3. The zero-order valence-electron chi connectivity index (χ0n) is 8.34. The largest absolute Gasteiger partial charge is 0.394 e. The molecule has 0 radical (unpaired) electrons. The quantitative estimate of drug-likeness (QED) is 0.563. The lowest BCUT2D eigenvalue weighted by atomic mass is 10.0. The normalized spacial score (nSPS) is 14.3. The van der Waals surface area contributed by atoms with Gasteiger partial charge in [-0.2, -0.15) is 0 Å². The summed E-state index contributed by atoms with van der Waals surface area (Å²) in [6.45, 7) is -0.271. The summed E-state index contributed by atoms with van der Waals surface area (Å²) in [6, 6.07) is 8.81. The molecule has 1 amide bonds. The highest BCUT2D eigenvalue weighted by Crippen LogP contribution is 2.05. The van der Waals surface area contributed by atoms with Gasteiger partial charge in [0.25, 0.3) is 0 Å². The molecule has 0 aliphatic carbocycles. The number of hydrogen-bond acceptors (Lipinski definition) is 3. The first-order valence-corrected chi connectivity index (χ1v) is 4.80. The summed E-state index contributed by atoms with van der Waals surface area (Å²) >= 11 is 0. The first kappa shape index (κ1) is 11.7. The Labute approximate surface area is 88.6 Å². The highest BCUT2D eigenvalue weighted by atomic mass is 16.3. The van der Waals surface area contributed by atoms with Crippen LogP contribution in [0.4, 0.5) is 0 Å². The number of aliphatic hydroxyl groups excluding tert-OH is 2. The second-order valence-corrected chi connectivity index (χ2v) is 3.33. The van der Waals surface area contributed by atoms with E-state index in [0.717, 1.165) is 5.56 Å². The molecule has 0 aromatic heterocycles. The van der Waals surface area contributed by atoms with Crippen molar-refractivity contribution in [2.75, 3.05) is 6.61 Å². The van der Waals surface area contributed by atoms with Crippen molar-refractivity contribution in [1.29, 1.82) is 0 Å². The summed E-state index contributed by atoms with van der Waals surface area (Å²) in [5.74, 6) is 0. The molecule has 1 aromatic rings. The molecule has 0 aliphatic heterocycles. The summed E-state index contributed by atoms with van der Waals surface area (Å²) < 4.78 is 0. The fourth-order valence-electron chi connectivity index (χ4n) is 1.37. The van der Waals surface area contributed by atoms with E-state index in [9.17, 15) is 9.90 Å². The molecular weight excluding hydrogens is 194 g/mol. The van der Waals surface area contributed by atoms with Crippen molar-refractivity contribution >= 4 is 6.41 Å². The van der Waals surface area contributed by atoms with Crippen molar-refractivity contribution in [2.24, 2.45) is 0 Å². The Morgan fingerprint density at radius 3 is 2.53 bits per heavy atom. The van der Waals surface area contributed by atoms with Crippen LogP contribution in [0.2, 0.25) is 0 Å². The number of carbonyl (C=O) groups excluding carboxylic acids is 1. The number of aliphatic hydroxyl groups is 2. The van der Waals surface area contributed by atoms with Crippen LogP contribution in [0, 0.1) is 0 Å². The molecule has 3 N–H and O–H groups in total. The second-order valence-electron chi connectivity index (χ2n) is 3.33. The zero-order chi connectivity index (χ0) is 11.1. The third kappa shape index (κ3) is 3.69. The van der Waals surface area contributed by atoms with Crippen LogP contribution in [0.3, 0.4) is 0 Å². The van der Waals surface area contributed by atoms with Gasteiger partial charge in [-0.1, -0.05) is 30.3 Å². The van der Waals surface area contributed by atoms with E-state index < -0.39 is 12.1 Å². The lowest BCUT2D eigenvalue weighted by Crippen LogP contribution is -2.43. The first-order valence-electron chi connectivity index (χ1n) is 4.80. The van der Waals surface area contributed by atoms with Crippen LogP contribution in [-0.4, -0.2) is 35.4 Å². The average molecular weight is 209 g/mol. The molecule has 0 saturated heterocycles. The number of nitrogens with one attached hydrogen (secondary N) is 1. The van der Waals surface area contributed by atoms with Crippen LogP contribution in [0.1, 0.15) is 5.56 Å². The maximum Gasteiger partial charge on any atom is 0.207 e. The molecule has 0 saturated carbocycles. The fraction of sp³-hybridized carbons (Fsp3) is 0.364. The van der Waals surface area contributed by atoms with Crippen molar-refractivity contribution in [3.8, 4) is 0 Å². The van der Waals surface area contributed by atoms with Crippen LogP contribution in [0.15, 0.2) is 30.3 Å². The minimum absolute atomic E-state index is 0.271. The smallest absolute Gasteiger partial charge is 0.207 e. The second kappa shape index (κ2) is 6.16. The van der Waals surface area contributed by atoms with Crippen LogP contribution < -0.4 is 5.32 Å². The van der Waals surface area contributed by atoms with E-state index in [0.29, 0.717) is 12.8 Å². The molecule has 2 atom stereocenters. The molecule has 0 heterocycles. The minimum Gasteiger partial charge on any atom is -0.394 e. The molecule has 0 spiro atoms. The first-order chi connectivity index (χ1) is 7.27. The van der Waals surface area contributed by atoms with Crippen molar-refractivity contribution in [1.82, 2.24) is 5.32 Å². The van der Waals surface area contributed by atoms with Crippen molar-refractivity contribution in [3.05, 3.63) is 35.9 Å². The predicted octanol–water partition coefficient (Wildman–Crippen LogP) is -0.303. The van der Waals surface area contributed by atoms with Crippen molar-refractivity contribution in [2.45, 2.75) is 18.6 Å². The number of carbonyl (C=O) groups is 1. The molecule has 4 heteroatoms. The molecule has 1 aromatic carbocycles. The van der Waals surface area contributed by atoms with Gasteiger partial charge in [-0.15, -0.1) is 0 Å². The van der Waals surface area contributed by atoms with Gasteiger partial charge in [0.2, 0.25) is 6.41 Å². The van der Waals surface area contributed by atoms with E-state index >= 15 is 0 Å². The number of rotatable bonds is 6. The summed E-state index contributed by atoms with van der Waals surface area (Å²) in [7, 11) is 0. The molecule has 1 rings (SSSR count). The Balaban J connectivity index is 2.53. The summed E-state index contributed by atoms with van der Waals surface area (Å²) in [6.07, 6.45) is 0.116. The van der Waals surface area contributed by atoms with Gasteiger partial charge in [0, 0.05) is 6.42 Å². The molecule has 0 fully saturated rings. The summed E-state index contributed by atoms with van der Waals surface area (Å²) in [4.78, 5) is 10.2. The summed E-state index contributed by atoms with van der Waals surface area (Å²) in [5, 5.41) is 21.0. The summed E-state index contributed by atoms with van der Waals surface area (Å²) in [5.41, 5.74) is 0.969. The SMILES string of the molecule is O=CN[C@@H](CO)C(O)Cc1ccccc1. The zero-order valence-corrected chi connectivity index (χ0v) is 8.34. The molecule has 15 heavy (non-hydrogen) atoms. The van der Waals surface area contributed by atoms with Gasteiger partial charge in [-0.3, -0.25) is 4.79 Å². The Bertz CT molecular complexity index is 289. The molecule has 4 nitrogen and oxygen atoms in total. The van der Waals surface area contributed by atoms with Crippen LogP contribution in [0.5, 0.6) is 0 Å². The Kier molecular flexibility index (Phi) is 4.80. The van der Waals surface area contributed by atoms with Gasteiger partial charge in [0.15, 0.2) is 0 Å². The van der Waals surface area contributed by atoms with E-state index in [1.54, 1.807) is 0 Å². The van der Waals surface area contributed by atoms with Crippen LogP contribution in [0.25, 0.3) is 0 Å². The predicted molar refractivity (Wildman–Crippen MR) is 56.2 cm³/mol. The van der Waals surface area contributed by atoms with E-state index in [-0.39, 0.29) is 6.61 Å². The topological polar surface area (TPSA) is 69.6 Å². The number of hydrogen-bond donors (Lipinski definition) is 3. The maximum absolute atomic E-state index is 10.2. The fourth-order valence-corrected chi connectivity index (χ4v) is 1.37. The average Bonchev–Trinajstić information content (AvgIpc) is 2.27. The van der Waals surface area contributed by atoms with E-state index in [2.05, 4.69) is 5.32 Å². The number of amides is 1. The van der Waals surface area contributed by atoms with E-state index in [4.69, 9.17) is 5.11 Å². The van der Waals surface area contributed by atoms with E-state index in [1.807, 2.05) is 30.3 Å². The standard InChI is InChI=1S/C11H15NO3/c13-7-10(12-8-14)11(15)6-9-4-2-1-3-5-9/h1-5,8,10-11,13,15H,6-7H2,(H,12,14)/t10-,11?/m0/s1. The van der Waals surface area contributed by atoms with Gasteiger partial charge >= 0.3 is 0 Å². The van der Waals surface area contributed by atoms with E-state index in [1.165, 1.54) is 0 Å². The number of benzene rings is 1. The third-order valence-corrected chi connectivity index (χ3v) is 2.23. The molecule has 82 valence electrons. The minimum atomic E-state index is -0.775. The third-order valence-electron chi connectivity index (χ3n) is 2.23. The van der Waals surface area contributed by atoms with Crippen LogP contribution in [-0.2, 0) is 11.2 Å². The highest BCUT2D eigenvalue weighted by Gasteiger charge is 2.17. The highest BCUT2D eigenvalue weighted by molar-refractivity contribution is 5.46. The lowest BCUT2D eigenvalue weighted by molar-refractivity contribution is -0.111. The van der Waals surface area contributed by atoms with Gasteiger partial charge < -0.3 is 15.5 Å². The van der Waals surface area contributed by atoms with Crippen LogP contribution >= 0.6 is 0 Å². The Hall–Kier alpha value is -1.39. The Morgan fingerprint density at radius 1 is 1.33 bits per heavy atom. The van der Waals surface area contributed by atoms with Gasteiger partial charge in [-0.25, -0.2) is 0 Å². The maximum atomic E-state index is 10.2. The van der Waals surface area contributed by atoms with Crippen molar-refractivity contribution < 1.29 is 15.0 Å². The van der Waals surface area contributed by atoms with Gasteiger partial charge in [0.05, 0.1) is 18.8 Å². The Morgan fingerprint density at radius 2 is 2.00 bits per heavy atom. The molecule has 0 aliphatic rings. The van der Waals surface area contributed by atoms with Gasteiger partial charge in [0.1, 0.15) is 0 Å². The monoisotopic (exact) mass is 209 g/mol.